The summed E-state index contributed by atoms with van der Waals surface area (Å²) in [7, 11) is 0. The number of nitrogens with one attached hydrogen (secondary N) is 1. The number of hydrogen-bond acceptors (Lipinski definition) is 4. The standard InChI is InChI=1S/C21H20N4O/c1-14-7-3-5-9-18(14)24-21-22-12-17(13-23-21)20(26)25-15(2)11-16-8-4-6-10-19(16)25/h3-10,12-13,15H,11H2,1-2H3,(H,22,23,24). The van der Waals surface area contributed by atoms with Gasteiger partial charge in [0.15, 0.2) is 0 Å². The number of rotatable bonds is 3. The van der Waals surface area contributed by atoms with E-state index < -0.39 is 0 Å². The Balaban J connectivity index is 1.56. The minimum atomic E-state index is -0.0649. The van der Waals surface area contributed by atoms with Gasteiger partial charge in [-0.25, -0.2) is 9.97 Å². The number of aryl methyl sites for hydroxylation is 1. The molecule has 1 N–H and O–H groups in total. The van der Waals surface area contributed by atoms with Crippen molar-refractivity contribution in [1.29, 1.82) is 0 Å². The summed E-state index contributed by atoms with van der Waals surface area (Å²) in [6.07, 6.45) is 4.04. The molecule has 1 aromatic heterocycles. The maximum atomic E-state index is 13.0. The lowest BCUT2D eigenvalue weighted by atomic mass is 10.1. The zero-order valence-corrected chi connectivity index (χ0v) is 14.8. The van der Waals surface area contributed by atoms with E-state index in [1.807, 2.05) is 54.3 Å². The number of anilines is 3. The van der Waals surface area contributed by atoms with Crippen LogP contribution in [0.15, 0.2) is 60.9 Å². The van der Waals surface area contributed by atoms with Crippen LogP contribution in [0.2, 0.25) is 0 Å². The third-order valence-corrected chi connectivity index (χ3v) is 4.72. The van der Waals surface area contributed by atoms with Crippen LogP contribution in [0, 0.1) is 6.92 Å². The number of amides is 1. The third kappa shape index (κ3) is 2.92. The van der Waals surface area contributed by atoms with E-state index in [0.717, 1.165) is 23.4 Å². The van der Waals surface area contributed by atoms with Crippen LogP contribution in [0.4, 0.5) is 17.3 Å². The van der Waals surface area contributed by atoms with E-state index in [1.54, 1.807) is 12.4 Å². The average Bonchev–Trinajstić information content (AvgIpc) is 2.99. The lowest BCUT2D eigenvalue weighted by Crippen LogP contribution is -2.35. The van der Waals surface area contributed by atoms with Gasteiger partial charge < -0.3 is 10.2 Å². The van der Waals surface area contributed by atoms with Crippen molar-refractivity contribution in [2.24, 2.45) is 0 Å². The molecule has 1 aliphatic rings. The Hall–Kier alpha value is -3.21. The number of carbonyl (C=O) groups is 1. The molecule has 1 unspecified atom stereocenters. The molecule has 1 amide bonds. The zero-order valence-electron chi connectivity index (χ0n) is 14.8. The Morgan fingerprint density at radius 1 is 1.08 bits per heavy atom. The van der Waals surface area contributed by atoms with Crippen LogP contribution in [-0.4, -0.2) is 21.9 Å². The number of aromatic nitrogens is 2. The summed E-state index contributed by atoms with van der Waals surface area (Å²) in [5.74, 6) is 0.413. The fourth-order valence-electron chi connectivity index (χ4n) is 3.35. The maximum absolute atomic E-state index is 13.0. The van der Waals surface area contributed by atoms with E-state index in [9.17, 15) is 4.79 Å². The molecule has 0 radical (unpaired) electrons. The second kappa shape index (κ2) is 6.59. The fourth-order valence-corrected chi connectivity index (χ4v) is 3.35. The quantitative estimate of drug-likeness (QED) is 0.776. The van der Waals surface area contributed by atoms with E-state index in [0.29, 0.717) is 11.5 Å². The Kier molecular flexibility index (Phi) is 4.13. The molecule has 0 saturated heterocycles. The van der Waals surface area contributed by atoms with E-state index >= 15 is 0 Å². The molecule has 5 heteroatoms. The summed E-state index contributed by atoms with van der Waals surface area (Å²) in [6, 6.07) is 16.1. The number of para-hydroxylation sites is 2. The van der Waals surface area contributed by atoms with Crippen LogP contribution in [0.25, 0.3) is 0 Å². The highest BCUT2D eigenvalue weighted by Gasteiger charge is 2.31. The predicted molar refractivity (Wildman–Crippen MR) is 103 cm³/mol. The summed E-state index contributed by atoms with van der Waals surface area (Å²) in [4.78, 5) is 23.4. The smallest absolute Gasteiger partial charge is 0.261 e. The number of fused-ring (bicyclic) bond motifs is 1. The van der Waals surface area contributed by atoms with Crippen molar-refractivity contribution in [2.75, 3.05) is 10.2 Å². The van der Waals surface area contributed by atoms with Crippen molar-refractivity contribution in [3.63, 3.8) is 0 Å². The van der Waals surface area contributed by atoms with Crippen LogP contribution in [0.5, 0.6) is 0 Å². The van der Waals surface area contributed by atoms with Crippen LogP contribution in [-0.2, 0) is 6.42 Å². The van der Waals surface area contributed by atoms with E-state index in [4.69, 9.17) is 0 Å². The average molecular weight is 344 g/mol. The van der Waals surface area contributed by atoms with Crippen LogP contribution in [0.3, 0.4) is 0 Å². The number of benzene rings is 2. The second-order valence-corrected chi connectivity index (χ2v) is 6.59. The molecule has 0 spiro atoms. The summed E-state index contributed by atoms with van der Waals surface area (Å²) in [5, 5.41) is 3.19. The van der Waals surface area contributed by atoms with Crippen molar-refractivity contribution in [3.05, 3.63) is 77.6 Å². The van der Waals surface area contributed by atoms with Gasteiger partial charge in [-0.2, -0.15) is 0 Å². The number of carbonyl (C=O) groups excluding carboxylic acids is 1. The Morgan fingerprint density at radius 2 is 1.77 bits per heavy atom. The summed E-state index contributed by atoms with van der Waals surface area (Å²) in [5.41, 5.74) is 4.73. The molecule has 4 rings (SSSR count). The largest absolute Gasteiger partial charge is 0.324 e. The molecule has 5 nitrogen and oxygen atoms in total. The molecule has 2 aromatic carbocycles. The van der Waals surface area contributed by atoms with Gasteiger partial charge in [0.1, 0.15) is 0 Å². The minimum absolute atomic E-state index is 0.0649. The lowest BCUT2D eigenvalue weighted by Gasteiger charge is -2.22. The molecule has 0 bridgehead atoms. The SMILES string of the molecule is Cc1ccccc1Nc1ncc(C(=O)N2c3ccccc3CC2C)cn1. The summed E-state index contributed by atoms with van der Waals surface area (Å²) >= 11 is 0. The molecule has 26 heavy (non-hydrogen) atoms. The topological polar surface area (TPSA) is 58.1 Å². The molecule has 130 valence electrons. The van der Waals surface area contributed by atoms with Crippen molar-refractivity contribution >= 4 is 23.2 Å². The van der Waals surface area contributed by atoms with Crippen molar-refractivity contribution in [2.45, 2.75) is 26.3 Å². The first-order chi connectivity index (χ1) is 12.6. The van der Waals surface area contributed by atoms with Crippen molar-refractivity contribution in [1.82, 2.24) is 9.97 Å². The van der Waals surface area contributed by atoms with Crippen molar-refractivity contribution in [3.8, 4) is 0 Å². The first-order valence-corrected chi connectivity index (χ1v) is 8.69. The first kappa shape index (κ1) is 16.3. The van der Waals surface area contributed by atoms with E-state index in [-0.39, 0.29) is 11.9 Å². The number of hydrogen-bond donors (Lipinski definition) is 1. The van der Waals surface area contributed by atoms with E-state index in [2.05, 4.69) is 28.3 Å². The highest BCUT2D eigenvalue weighted by Crippen LogP contribution is 2.32. The minimum Gasteiger partial charge on any atom is -0.324 e. The highest BCUT2D eigenvalue weighted by molar-refractivity contribution is 6.07. The highest BCUT2D eigenvalue weighted by atomic mass is 16.2. The van der Waals surface area contributed by atoms with Gasteiger partial charge in [-0.3, -0.25) is 4.79 Å². The van der Waals surface area contributed by atoms with Gasteiger partial charge >= 0.3 is 0 Å². The van der Waals surface area contributed by atoms with Gasteiger partial charge in [0, 0.05) is 29.8 Å². The lowest BCUT2D eigenvalue weighted by molar-refractivity contribution is 0.0981. The fraction of sp³-hybridized carbons (Fsp3) is 0.190. The van der Waals surface area contributed by atoms with Crippen molar-refractivity contribution < 1.29 is 4.79 Å². The predicted octanol–water partition coefficient (Wildman–Crippen LogP) is 4.12. The Bertz CT molecular complexity index is 952. The van der Waals surface area contributed by atoms with Gasteiger partial charge in [-0.1, -0.05) is 36.4 Å². The molecule has 0 saturated carbocycles. The Morgan fingerprint density at radius 3 is 2.54 bits per heavy atom. The summed E-state index contributed by atoms with van der Waals surface area (Å²) < 4.78 is 0. The maximum Gasteiger partial charge on any atom is 0.261 e. The molecule has 2 heterocycles. The van der Waals surface area contributed by atoms with Gasteiger partial charge in [0.05, 0.1) is 5.56 Å². The first-order valence-electron chi connectivity index (χ1n) is 8.69. The molecule has 1 aliphatic heterocycles. The zero-order chi connectivity index (χ0) is 18.1. The molecule has 3 aromatic rings. The van der Waals surface area contributed by atoms with Gasteiger partial charge in [0.2, 0.25) is 5.95 Å². The molecule has 0 fully saturated rings. The monoisotopic (exact) mass is 344 g/mol. The normalized spacial score (nSPS) is 15.6. The van der Waals surface area contributed by atoms with Crippen LogP contribution in [0.1, 0.15) is 28.4 Å². The number of nitrogens with zero attached hydrogens (tertiary/aromatic N) is 3. The van der Waals surface area contributed by atoms with E-state index in [1.165, 1.54) is 5.56 Å². The van der Waals surface area contributed by atoms with Gasteiger partial charge in [-0.05, 0) is 43.5 Å². The molecule has 1 atom stereocenters. The summed E-state index contributed by atoms with van der Waals surface area (Å²) in [6.45, 7) is 4.08. The molecular formula is C21H20N4O. The van der Waals surface area contributed by atoms with Crippen LogP contribution >= 0.6 is 0 Å². The van der Waals surface area contributed by atoms with Gasteiger partial charge in [0.25, 0.3) is 5.91 Å². The molecular weight excluding hydrogens is 324 g/mol. The van der Waals surface area contributed by atoms with Gasteiger partial charge in [-0.15, -0.1) is 0 Å². The molecule has 0 aliphatic carbocycles. The Labute approximate surface area is 152 Å². The second-order valence-electron chi connectivity index (χ2n) is 6.59. The van der Waals surface area contributed by atoms with Crippen LogP contribution < -0.4 is 10.2 Å². The third-order valence-electron chi connectivity index (χ3n) is 4.72.